The number of aromatic nitrogens is 1. The molecule has 12 heteroatoms. The van der Waals surface area contributed by atoms with Gasteiger partial charge in [-0.3, -0.25) is 34.0 Å². The normalized spacial score (nSPS) is 22.0. The monoisotopic (exact) mass is 635 g/mol. The SMILES string of the molecule is CC(NC(=O)C(O)C(C)C)C(=O)N1CCCC(C)(C(=O)N[C@H](C)c2ccc3ccc(/C=C/C4(C(=O)O)CCC(=O)CC4)cc3n2)N1. The molecule has 4 rings (SSSR count). The van der Waals surface area contributed by atoms with Crippen LogP contribution in [0.5, 0.6) is 0 Å². The van der Waals surface area contributed by atoms with Crippen molar-refractivity contribution in [3.8, 4) is 0 Å². The number of carboxylic acids is 1. The van der Waals surface area contributed by atoms with Crippen molar-refractivity contribution in [1.82, 2.24) is 26.1 Å². The summed E-state index contributed by atoms with van der Waals surface area (Å²) in [5, 5.41) is 27.7. The van der Waals surface area contributed by atoms with Gasteiger partial charge in [0.25, 0.3) is 5.91 Å². The highest BCUT2D eigenvalue weighted by Gasteiger charge is 2.41. The van der Waals surface area contributed by atoms with Gasteiger partial charge >= 0.3 is 5.97 Å². The van der Waals surface area contributed by atoms with Crippen molar-refractivity contribution in [2.45, 2.75) is 96.9 Å². The molecule has 1 aliphatic carbocycles. The zero-order chi connectivity index (χ0) is 33.8. The molecular weight excluding hydrogens is 590 g/mol. The van der Waals surface area contributed by atoms with Crippen molar-refractivity contribution in [2.24, 2.45) is 11.3 Å². The fourth-order valence-electron chi connectivity index (χ4n) is 5.83. The van der Waals surface area contributed by atoms with Crippen molar-refractivity contribution >= 4 is 46.5 Å². The molecule has 248 valence electrons. The number of aliphatic carboxylic acids is 1. The number of hydrazine groups is 1. The number of ketones is 1. The van der Waals surface area contributed by atoms with Crippen LogP contribution >= 0.6 is 0 Å². The quantitative estimate of drug-likeness (QED) is 0.262. The molecule has 1 aromatic heterocycles. The molecule has 2 aromatic rings. The summed E-state index contributed by atoms with van der Waals surface area (Å²) in [5.41, 5.74) is 2.98. The second kappa shape index (κ2) is 14.1. The van der Waals surface area contributed by atoms with E-state index in [1.165, 1.54) is 11.9 Å². The van der Waals surface area contributed by atoms with E-state index in [1.807, 2.05) is 37.3 Å². The highest BCUT2D eigenvalue weighted by atomic mass is 16.4. The maximum absolute atomic E-state index is 13.5. The fraction of sp³-hybridized carbons (Fsp3) is 0.529. The van der Waals surface area contributed by atoms with Crippen LogP contribution in [0.1, 0.15) is 90.4 Å². The molecule has 12 nitrogen and oxygen atoms in total. The molecule has 0 spiro atoms. The number of rotatable bonds is 10. The first kappa shape index (κ1) is 34.7. The van der Waals surface area contributed by atoms with Gasteiger partial charge in [-0.2, -0.15) is 0 Å². The number of hydrogen-bond acceptors (Lipinski definition) is 8. The zero-order valence-corrected chi connectivity index (χ0v) is 27.1. The van der Waals surface area contributed by atoms with Crippen LogP contribution in [0.25, 0.3) is 17.0 Å². The first-order valence-corrected chi connectivity index (χ1v) is 15.9. The molecular formula is C34H45N5O7. The number of amides is 3. The smallest absolute Gasteiger partial charge is 0.313 e. The van der Waals surface area contributed by atoms with Crippen molar-refractivity contribution in [3.05, 3.63) is 47.7 Å². The number of aliphatic hydroxyl groups is 1. The summed E-state index contributed by atoms with van der Waals surface area (Å²) in [5.74, 6) is -2.49. The third-order valence-electron chi connectivity index (χ3n) is 9.09. The summed E-state index contributed by atoms with van der Waals surface area (Å²) >= 11 is 0. The van der Waals surface area contributed by atoms with Crippen LogP contribution in [-0.4, -0.2) is 73.9 Å². The van der Waals surface area contributed by atoms with E-state index in [4.69, 9.17) is 4.98 Å². The Hall–Kier alpha value is -4.16. The Balaban J connectivity index is 1.43. The van der Waals surface area contributed by atoms with Crippen LogP contribution in [-0.2, 0) is 24.0 Å². The van der Waals surface area contributed by atoms with Gasteiger partial charge in [-0.05, 0) is 70.1 Å². The lowest BCUT2D eigenvalue weighted by Crippen LogP contribution is -2.67. The molecule has 2 aliphatic rings. The minimum atomic E-state index is -1.23. The molecule has 2 heterocycles. The molecule has 46 heavy (non-hydrogen) atoms. The van der Waals surface area contributed by atoms with Gasteiger partial charge in [0.1, 0.15) is 23.5 Å². The predicted octanol–water partition coefficient (Wildman–Crippen LogP) is 3.05. The summed E-state index contributed by atoms with van der Waals surface area (Å²) in [6.45, 7) is 8.86. The number of carbonyl (C=O) groups is 5. The maximum atomic E-state index is 13.5. The standard InChI is InChI=1S/C34H45N5O7/c1-20(2)28(41)29(42)35-22(4)30(43)39-18-6-14-33(5,38-39)31(44)36-21(3)26-10-9-24-8-7-23(19-27(24)37-26)11-15-34(32(45)46)16-12-25(40)13-17-34/h7-11,15,19-22,28,38,41H,6,12-14,16-18H2,1-5H3,(H,35,42)(H,36,44)(H,45,46)/b15-11+/t21-,22?,28?,33?/m1/s1. The van der Waals surface area contributed by atoms with Crippen LogP contribution in [0.4, 0.5) is 0 Å². The number of benzene rings is 1. The third-order valence-corrected chi connectivity index (χ3v) is 9.09. The van der Waals surface area contributed by atoms with E-state index in [1.54, 1.807) is 32.9 Å². The van der Waals surface area contributed by atoms with E-state index in [0.29, 0.717) is 30.6 Å². The first-order valence-electron chi connectivity index (χ1n) is 15.9. The van der Waals surface area contributed by atoms with Gasteiger partial charge in [0.15, 0.2) is 0 Å². The van der Waals surface area contributed by atoms with E-state index in [9.17, 15) is 34.2 Å². The lowest BCUT2D eigenvalue weighted by molar-refractivity contribution is -0.149. The Morgan fingerprint density at radius 2 is 1.70 bits per heavy atom. The van der Waals surface area contributed by atoms with Crippen molar-refractivity contribution in [1.29, 1.82) is 0 Å². The van der Waals surface area contributed by atoms with Gasteiger partial charge in [0, 0.05) is 24.8 Å². The van der Waals surface area contributed by atoms with E-state index >= 15 is 0 Å². The number of Topliss-reactive ketones (excluding diaryl/α,β-unsaturated/α-hetero) is 1. The van der Waals surface area contributed by atoms with Crippen LogP contribution in [0, 0.1) is 11.3 Å². The fourth-order valence-corrected chi connectivity index (χ4v) is 5.83. The highest BCUT2D eigenvalue weighted by Crippen LogP contribution is 2.37. The Morgan fingerprint density at radius 1 is 1.02 bits per heavy atom. The minimum Gasteiger partial charge on any atom is -0.481 e. The second-order valence-corrected chi connectivity index (χ2v) is 13.2. The minimum absolute atomic E-state index is 0.0895. The summed E-state index contributed by atoms with van der Waals surface area (Å²) in [4.78, 5) is 67.4. The molecule has 5 N–H and O–H groups in total. The molecule has 0 radical (unpaired) electrons. The Morgan fingerprint density at radius 3 is 2.35 bits per heavy atom. The predicted molar refractivity (Wildman–Crippen MR) is 172 cm³/mol. The number of hydrogen-bond donors (Lipinski definition) is 5. The summed E-state index contributed by atoms with van der Waals surface area (Å²) in [6.07, 6.45) is 4.35. The molecule has 1 aliphatic heterocycles. The summed E-state index contributed by atoms with van der Waals surface area (Å²) in [6, 6.07) is 8.03. The zero-order valence-electron chi connectivity index (χ0n) is 27.1. The number of pyridine rings is 1. The largest absolute Gasteiger partial charge is 0.481 e. The van der Waals surface area contributed by atoms with Crippen LogP contribution in [0.2, 0.25) is 0 Å². The lowest BCUT2D eigenvalue weighted by Gasteiger charge is -2.41. The van der Waals surface area contributed by atoms with Crippen LogP contribution in [0.15, 0.2) is 36.4 Å². The van der Waals surface area contributed by atoms with Crippen LogP contribution < -0.4 is 16.1 Å². The first-order chi connectivity index (χ1) is 21.6. The molecule has 2 fully saturated rings. The molecule has 4 atom stereocenters. The molecule has 1 saturated carbocycles. The average Bonchev–Trinajstić information content (AvgIpc) is 3.03. The number of nitrogens with zero attached hydrogens (tertiary/aromatic N) is 2. The number of carboxylic acid groups (broad SMARTS) is 1. The van der Waals surface area contributed by atoms with Gasteiger partial charge in [-0.1, -0.05) is 44.2 Å². The molecule has 3 unspecified atom stereocenters. The Labute approximate surface area is 269 Å². The van der Waals surface area contributed by atoms with E-state index in [0.717, 1.165) is 10.9 Å². The number of fused-ring (bicyclic) bond motifs is 1. The van der Waals surface area contributed by atoms with Gasteiger partial charge in [-0.25, -0.2) is 5.43 Å². The average molecular weight is 636 g/mol. The second-order valence-electron chi connectivity index (χ2n) is 13.2. The van der Waals surface area contributed by atoms with Gasteiger partial charge in [0.05, 0.1) is 22.7 Å². The van der Waals surface area contributed by atoms with Gasteiger partial charge in [0.2, 0.25) is 11.8 Å². The summed E-state index contributed by atoms with van der Waals surface area (Å²) < 4.78 is 0. The maximum Gasteiger partial charge on any atom is 0.313 e. The molecule has 1 aromatic carbocycles. The number of carbonyl (C=O) groups excluding carboxylic acids is 4. The molecule has 3 amide bonds. The lowest BCUT2D eigenvalue weighted by atomic mass is 9.73. The van der Waals surface area contributed by atoms with Crippen molar-refractivity contribution < 1.29 is 34.2 Å². The van der Waals surface area contributed by atoms with E-state index < -0.39 is 46.9 Å². The summed E-state index contributed by atoms with van der Waals surface area (Å²) in [7, 11) is 0. The Kier molecular flexibility index (Phi) is 10.6. The third kappa shape index (κ3) is 7.79. The van der Waals surface area contributed by atoms with E-state index in [2.05, 4.69) is 16.1 Å². The van der Waals surface area contributed by atoms with Gasteiger partial charge < -0.3 is 20.8 Å². The topological polar surface area (TPSA) is 178 Å². The van der Waals surface area contributed by atoms with Crippen LogP contribution in [0.3, 0.4) is 0 Å². The number of nitrogens with one attached hydrogen (secondary N) is 3. The highest BCUT2D eigenvalue weighted by molar-refractivity contribution is 5.91. The van der Waals surface area contributed by atoms with Gasteiger partial charge in [-0.15, -0.1) is 0 Å². The van der Waals surface area contributed by atoms with Crippen molar-refractivity contribution in [3.63, 3.8) is 0 Å². The van der Waals surface area contributed by atoms with E-state index in [-0.39, 0.29) is 43.3 Å². The number of aliphatic hydroxyl groups excluding tert-OH is 1. The molecule has 1 saturated heterocycles. The molecule has 0 bridgehead atoms. The van der Waals surface area contributed by atoms with Crippen molar-refractivity contribution in [2.75, 3.05) is 6.54 Å². The Bertz CT molecular complexity index is 1530.